The Morgan fingerprint density at radius 1 is 1.19 bits per heavy atom. The number of aliphatic imine (C=N–C) groups is 1. The number of nitrogens with one attached hydrogen (secondary N) is 2. The molecule has 7 nitrogen and oxygen atoms in total. The Labute approximate surface area is 209 Å². The quantitative estimate of drug-likeness (QED) is 0.261. The van der Waals surface area contributed by atoms with Crippen LogP contribution < -0.4 is 10.6 Å². The zero-order chi connectivity index (χ0) is 21.8. The number of amides is 1. The molecule has 0 aliphatic heterocycles. The van der Waals surface area contributed by atoms with E-state index in [0.717, 1.165) is 52.4 Å². The molecule has 1 fully saturated rings. The van der Waals surface area contributed by atoms with Gasteiger partial charge in [-0.1, -0.05) is 25.0 Å². The highest BCUT2D eigenvalue weighted by Gasteiger charge is 2.42. The van der Waals surface area contributed by atoms with Crippen molar-refractivity contribution in [1.82, 2.24) is 20.5 Å². The molecule has 1 aromatic carbocycles. The zero-order valence-corrected chi connectivity index (χ0v) is 21.8. The monoisotopic (exact) mass is 567 g/mol. The van der Waals surface area contributed by atoms with Crippen molar-refractivity contribution in [1.29, 1.82) is 0 Å². The van der Waals surface area contributed by atoms with E-state index in [4.69, 9.17) is 4.42 Å². The number of hydrogen-bond donors (Lipinski definition) is 2. The maximum Gasteiger partial charge on any atom is 0.230 e. The molecule has 3 aromatic rings. The SMILES string of the molecule is CN=C(NCc1ccc(-c2nc3ccccc3s2)o1)NCC1(C(=O)N(C)C)CCCC1.I. The Bertz CT molecular complexity index is 1050. The van der Waals surface area contributed by atoms with Crippen molar-refractivity contribution in [2.45, 2.75) is 32.2 Å². The summed E-state index contributed by atoms with van der Waals surface area (Å²) in [6.07, 6.45) is 4.01. The number of benzene rings is 1. The lowest BCUT2D eigenvalue weighted by Gasteiger charge is -2.31. The van der Waals surface area contributed by atoms with Gasteiger partial charge >= 0.3 is 0 Å². The minimum atomic E-state index is -0.341. The molecule has 0 spiro atoms. The molecule has 2 N–H and O–H groups in total. The summed E-state index contributed by atoms with van der Waals surface area (Å²) in [5.41, 5.74) is 0.641. The van der Waals surface area contributed by atoms with Crippen molar-refractivity contribution in [3.63, 3.8) is 0 Å². The molecule has 4 rings (SSSR count). The van der Waals surface area contributed by atoms with Crippen LogP contribution in [0, 0.1) is 5.41 Å². The Morgan fingerprint density at radius 2 is 1.94 bits per heavy atom. The molecular formula is C23H30IN5O2S. The standard InChI is InChI=1S/C23H29N5O2S.HI/c1-24-22(26-15-23(12-6-7-13-23)21(29)28(2)3)25-14-16-10-11-18(30-16)20-27-17-8-4-5-9-19(17)31-20;/h4-5,8-11H,6-7,12-15H2,1-3H3,(H2,24,25,26);1H. The molecule has 1 saturated carbocycles. The first kappa shape index (κ1) is 24.5. The number of furan rings is 1. The van der Waals surface area contributed by atoms with Crippen molar-refractivity contribution in [3.8, 4) is 10.8 Å². The Hall–Kier alpha value is -2.14. The summed E-state index contributed by atoms with van der Waals surface area (Å²) in [7, 11) is 5.39. The van der Waals surface area contributed by atoms with E-state index in [1.165, 1.54) is 0 Å². The molecule has 0 radical (unpaired) electrons. The fourth-order valence-corrected chi connectivity index (χ4v) is 5.13. The normalized spacial score (nSPS) is 15.4. The third kappa shape index (κ3) is 5.25. The van der Waals surface area contributed by atoms with Gasteiger partial charge in [-0.2, -0.15) is 0 Å². The van der Waals surface area contributed by atoms with Crippen LogP contribution in [0.4, 0.5) is 0 Å². The Kier molecular flexibility index (Phi) is 8.16. The molecule has 9 heteroatoms. The molecule has 0 bridgehead atoms. The third-order valence-electron chi connectivity index (χ3n) is 5.83. The van der Waals surface area contributed by atoms with Crippen LogP contribution >= 0.6 is 35.3 Å². The number of nitrogens with zero attached hydrogens (tertiary/aromatic N) is 3. The van der Waals surface area contributed by atoms with Gasteiger partial charge in [-0.05, 0) is 37.1 Å². The predicted molar refractivity (Wildman–Crippen MR) is 141 cm³/mol. The highest BCUT2D eigenvalue weighted by atomic mass is 127. The number of para-hydroxylation sites is 1. The highest BCUT2D eigenvalue weighted by molar-refractivity contribution is 14.0. The van der Waals surface area contributed by atoms with Crippen LogP contribution in [-0.4, -0.2) is 49.4 Å². The van der Waals surface area contributed by atoms with E-state index in [1.54, 1.807) is 23.3 Å². The van der Waals surface area contributed by atoms with Gasteiger partial charge in [0, 0.05) is 27.7 Å². The average Bonchev–Trinajstić information content (AvgIpc) is 3.52. The van der Waals surface area contributed by atoms with Crippen LogP contribution in [0.5, 0.6) is 0 Å². The number of hydrogen-bond acceptors (Lipinski definition) is 5. The van der Waals surface area contributed by atoms with Crippen LogP contribution in [0.2, 0.25) is 0 Å². The minimum Gasteiger partial charge on any atom is -0.457 e. The van der Waals surface area contributed by atoms with E-state index in [0.29, 0.717) is 19.0 Å². The molecule has 0 atom stereocenters. The maximum absolute atomic E-state index is 12.8. The molecule has 2 aromatic heterocycles. The molecule has 1 amide bonds. The van der Waals surface area contributed by atoms with Crippen LogP contribution in [-0.2, 0) is 11.3 Å². The van der Waals surface area contributed by atoms with Gasteiger partial charge in [-0.3, -0.25) is 9.79 Å². The number of halogens is 1. The molecule has 32 heavy (non-hydrogen) atoms. The largest absolute Gasteiger partial charge is 0.457 e. The number of carbonyl (C=O) groups excluding carboxylic acids is 1. The summed E-state index contributed by atoms with van der Waals surface area (Å²) in [6, 6.07) is 12.0. The van der Waals surface area contributed by atoms with Crippen molar-refractivity contribution in [3.05, 3.63) is 42.2 Å². The van der Waals surface area contributed by atoms with Crippen LogP contribution in [0.3, 0.4) is 0 Å². The molecule has 1 aliphatic rings. The second-order valence-corrected chi connectivity index (χ2v) is 9.25. The molecule has 0 unspecified atom stereocenters. The number of carbonyl (C=O) groups is 1. The minimum absolute atomic E-state index is 0. The lowest BCUT2D eigenvalue weighted by Crippen LogP contribution is -2.49. The lowest BCUT2D eigenvalue weighted by molar-refractivity contribution is -0.138. The van der Waals surface area contributed by atoms with Gasteiger partial charge < -0.3 is 20.0 Å². The van der Waals surface area contributed by atoms with E-state index >= 15 is 0 Å². The number of rotatable bonds is 6. The summed E-state index contributed by atoms with van der Waals surface area (Å²) in [4.78, 5) is 23.4. The van der Waals surface area contributed by atoms with Gasteiger partial charge in [0.15, 0.2) is 16.7 Å². The Morgan fingerprint density at radius 3 is 2.62 bits per heavy atom. The van der Waals surface area contributed by atoms with Crippen LogP contribution in [0.25, 0.3) is 21.0 Å². The molecule has 0 saturated heterocycles. The first-order chi connectivity index (χ1) is 15.0. The van der Waals surface area contributed by atoms with E-state index in [-0.39, 0.29) is 35.3 Å². The van der Waals surface area contributed by atoms with Crippen molar-refractivity contribution in [2.75, 3.05) is 27.7 Å². The van der Waals surface area contributed by atoms with E-state index in [1.807, 2.05) is 44.4 Å². The second kappa shape index (κ2) is 10.7. The van der Waals surface area contributed by atoms with Gasteiger partial charge in [0.25, 0.3) is 0 Å². The van der Waals surface area contributed by atoms with Gasteiger partial charge in [-0.15, -0.1) is 35.3 Å². The first-order valence-corrected chi connectivity index (χ1v) is 11.4. The second-order valence-electron chi connectivity index (χ2n) is 8.22. The summed E-state index contributed by atoms with van der Waals surface area (Å²) in [6.45, 7) is 1.08. The van der Waals surface area contributed by atoms with Crippen molar-refractivity contribution >= 4 is 57.4 Å². The molecule has 2 heterocycles. The Balaban J connectivity index is 0.00000289. The number of guanidine groups is 1. The van der Waals surface area contributed by atoms with E-state index in [2.05, 4.69) is 26.7 Å². The predicted octanol–water partition coefficient (Wildman–Crippen LogP) is 4.49. The number of thiazole rings is 1. The van der Waals surface area contributed by atoms with Crippen molar-refractivity contribution < 1.29 is 9.21 Å². The number of aromatic nitrogens is 1. The van der Waals surface area contributed by atoms with Gasteiger partial charge in [-0.25, -0.2) is 4.98 Å². The lowest BCUT2D eigenvalue weighted by atomic mass is 9.84. The zero-order valence-electron chi connectivity index (χ0n) is 18.7. The molecule has 1 aliphatic carbocycles. The summed E-state index contributed by atoms with van der Waals surface area (Å²) < 4.78 is 7.15. The van der Waals surface area contributed by atoms with E-state index < -0.39 is 0 Å². The molecular weight excluding hydrogens is 537 g/mol. The van der Waals surface area contributed by atoms with Gasteiger partial charge in [0.05, 0.1) is 22.2 Å². The van der Waals surface area contributed by atoms with Gasteiger partial charge in [0.1, 0.15) is 5.76 Å². The first-order valence-electron chi connectivity index (χ1n) is 10.6. The fraction of sp³-hybridized carbons (Fsp3) is 0.435. The summed E-state index contributed by atoms with van der Waals surface area (Å²) >= 11 is 1.62. The summed E-state index contributed by atoms with van der Waals surface area (Å²) in [5, 5.41) is 7.52. The maximum atomic E-state index is 12.8. The molecule has 172 valence electrons. The van der Waals surface area contributed by atoms with E-state index in [9.17, 15) is 4.79 Å². The number of fused-ring (bicyclic) bond motifs is 1. The fourth-order valence-electron chi connectivity index (χ4n) is 4.20. The highest BCUT2D eigenvalue weighted by Crippen LogP contribution is 2.39. The van der Waals surface area contributed by atoms with Crippen LogP contribution in [0.15, 0.2) is 45.8 Å². The van der Waals surface area contributed by atoms with Gasteiger partial charge in [0.2, 0.25) is 5.91 Å². The average molecular weight is 567 g/mol. The van der Waals surface area contributed by atoms with Crippen LogP contribution in [0.1, 0.15) is 31.4 Å². The van der Waals surface area contributed by atoms with Crippen molar-refractivity contribution in [2.24, 2.45) is 10.4 Å². The summed E-state index contributed by atoms with van der Waals surface area (Å²) in [5.74, 6) is 2.43. The topological polar surface area (TPSA) is 82.8 Å². The smallest absolute Gasteiger partial charge is 0.230 e. The third-order valence-corrected chi connectivity index (χ3v) is 6.89.